The fraction of sp³-hybridized carbons (Fsp3) is 0.417. The zero-order valence-corrected chi connectivity index (χ0v) is 10.7. The van der Waals surface area contributed by atoms with E-state index < -0.39 is 0 Å². The quantitative estimate of drug-likeness (QED) is 0.908. The summed E-state index contributed by atoms with van der Waals surface area (Å²) in [5.74, 6) is 1.07. The zero-order chi connectivity index (χ0) is 12.4. The third kappa shape index (κ3) is 2.35. The summed E-state index contributed by atoms with van der Waals surface area (Å²) in [6, 6.07) is 3.74. The van der Waals surface area contributed by atoms with E-state index >= 15 is 0 Å². The van der Waals surface area contributed by atoms with Gasteiger partial charge in [-0.15, -0.1) is 0 Å². The summed E-state index contributed by atoms with van der Waals surface area (Å²) in [5.41, 5.74) is 7.22. The lowest BCUT2D eigenvalue weighted by Crippen LogP contribution is -2.05. The van der Waals surface area contributed by atoms with Crippen molar-refractivity contribution in [1.29, 1.82) is 0 Å². The highest BCUT2D eigenvalue weighted by molar-refractivity contribution is 7.16. The third-order valence-electron chi connectivity index (χ3n) is 2.81. The van der Waals surface area contributed by atoms with Gasteiger partial charge in [0.2, 0.25) is 0 Å². The minimum absolute atomic E-state index is 0.282. The van der Waals surface area contributed by atoms with E-state index in [9.17, 15) is 4.79 Å². The summed E-state index contributed by atoms with van der Waals surface area (Å²) in [5, 5.41) is 0. The Kier molecular flexibility index (Phi) is 3.49. The Hall–Kier alpha value is -1.33. The Balaban J connectivity index is 2.55. The second-order valence-electron chi connectivity index (χ2n) is 3.97. The standard InChI is InChI=1S/C12H15NO3S/c1-7(3-4-13)8-5-10-11(6-9(8)15-2)17-12(14)16-10/h5-7H,3-4,13H2,1-2H3. The van der Waals surface area contributed by atoms with Gasteiger partial charge in [0.1, 0.15) is 11.3 Å². The smallest absolute Gasteiger partial charge is 0.396 e. The summed E-state index contributed by atoms with van der Waals surface area (Å²) < 4.78 is 11.3. The van der Waals surface area contributed by atoms with Gasteiger partial charge < -0.3 is 14.9 Å². The molecule has 0 fully saturated rings. The topological polar surface area (TPSA) is 65.5 Å². The van der Waals surface area contributed by atoms with Gasteiger partial charge in [0, 0.05) is 11.6 Å². The first-order valence-corrected chi connectivity index (χ1v) is 6.29. The molecule has 0 aliphatic rings. The maximum absolute atomic E-state index is 11.2. The van der Waals surface area contributed by atoms with E-state index in [4.69, 9.17) is 14.9 Å². The second-order valence-corrected chi connectivity index (χ2v) is 4.95. The van der Waals surface area contributed by atoms with Crippen molar-refractivity contribution in [2.24, 2.45) is 5.73 Å². The van der Waals surface area contributed by atoms with Crippen molar-refractivity contribution < 1.29 is 9.15 Å². The molecule has 0 aliphatic carbocycles. The molecule has 0 aliphatic heterocycles. The van der Waals surface area contributed by atoms with E-state index in [-0.39, 0.29) is 10.9 Å². The summed E-state index contributed by atoms with van der Waals surface area (Å²) in [6.45, 7) is 2.71. The molecular formula is C12H15NO3S. The van der Waals surface area contributed by atoms with Gasteiger partial charge in [0.15, 0.2) is 0 Å². The summed E-state index contributed by atoms with van der Waals surface area (Å²) >= 11 is 1.09. The fourth-order valence-corrected chi connectivity index (χ4v) is 2.56. The molecule has 2 aromatic rings. The Morgan fingerprint density at radius 1 is 1.53 bits per heavy atom. The van der Waals surface area contributed by atoms with Crippen LogP contribution in [0.3, 0.4) is 0 Å². The zero-order valence-electron chi connectivity index (χ0n) is 9.86. The summed E-state index contributed by atoms with van der Waals surface area (Å²) in [7, 11) is 1.63. The molecule has 0 bridgehead atoms. The Bertz CT molecular complexity index is 573. The molecule has 2 rings (SSSR count). The van der Waals surface area contributed by atoms with Crippen LogP contribution in [0.2, 0.25) is 0 Å². The largest absolute Gasteiger partial charge is 0.496 e. The number of rotatable bonds is 4. The number of benzene rings is 1. The Morgan fingerprint density at radius 3 is 2.94 bits per heavy atom. The van der Waals surface area contributed by atoms with E-state index in [1.165, 1.54) is 0 Å². The third-order valence-corrected chi connectivity index (χ3v) is 3.60. The van der Waals surface area contributed by atoms with Crippen LogP contribution < -0.4 is 15.4 Å². The number of hydrogen-bond acceptors (Lipinski definition) is 5. The van der Waals surface area contributed by atoms with Gasteiger partial charge in [-0.25, -0.2) is 4.79 Å². The Labute approximate surface area is 103 Å². The van der Waals surface area contributed by atoms with Crippen LogP contribution in [0, 0.1) is 0 Å². The number of methoxy groups -OCH3 is 1. The van der Waals surface area contributed by atoms with Gasteiger partial charge in [-0.3, -0.25) is 0 Å². The predicted molar refractivity (Wildman–Crippen MR) is 69.0 cm³/mol. The highest BCUT2D eigenvalue weighted by Gasteiger charge is 2.14. The Morgan fingerprint density at radius 2 is 2.29 bits per heavy atom. The van der Waals surface area contributed by atoms with E-state index in [0.29, 0.717) is 12.1 Å². The molecular weight excluding hydrogens is 238 g/mol. The molecule has 17 heavy (non-hydrogen) atoms. The van der Waals surface area contributed by atoms with E-state index in [0.717, 1.165) is 33.8 Å². The SMILES string of the molecule is COc1cc2sc(=O)oc2cc1C(C)CCN. The van der Waals surface area contributed by atoms with Crippen molar-refractivity contribution in [1.82, 2.24) is 0 Å². The number of fused-ring (bicyclic) bond motifs is 1. The minimum Gasteiger partial charge on any atom is -0.496 e. The van der Waals surface area contributed by atoms with Gasteiger partial charge in [0.25, 0.3) is 0 Å². The van der Waals surface area contributed by atoms with Crippen molar-refractivity contribution in [3.63, 3.8) is 0 Å². The molecule has 2 N–H and O–H groups in total. The predicted octanol–water partition coefficient (Wildman–Crippen LogP) is 2.32. The van der Waals surface area contributed by atoms with Gasteiger partial charge >= 0.3 is 4.94 Å². The van der Waals surface area contributed by atoms with Crippen molar-refractivity contribution in [2.75, 3.05) is 13.7 Å². The van der Waals surface area contributed by atoms with Crippen molar-refractivity contribution in [3.05, 3.63) is 27.4 Å². The average molecular weight is 253 g/mol. The first-order valence-electron chi connectivity index (χ1n) is 5.47. The lowest BCUT2D eigenvalue weighted by Gasteiger charge is -2.14. The normalized spacial score (nSPS) is 12.9. The molecule has 1 heterocycles. The molecule has 0 saturated carbocycles. The number of ether oxygens (including phenoxy) is 1. The van der Waals surface area contributed by atoms with E-state index in [1.807, 2.05) is 12.1 Å². The molecule has 5 heteroatoms. The number of nitrogens with two attached hydrogens (primary N) is 1. The van der Waals surface area contributed by atoms with Crippen LogP contribution in [0.5, 0.6) is 5.75 Å². The van der Waals surface area contributed by atoms with Gasteiger partial charge in [-0.05, 0) is 24.9 Å². The average Bonchev–Trinajstić information content (AvgIpc) is 2.66. The molecule has 1 atom stereocenters. The van der Waals surface area contributed by atoms with Crippen molar-refractivity contribution in [3.8, 4) is 5.75 Å². The van der Waals surface area contributed by atoms with Crippen LogP contribution in [-0.2, 0) is 0 Å². The molecule has 0 spiro atoms. The molecule has 0 saturated heterocycles. The lowest BCUT2D eigenvalue weighted by molar-refractivity contribution is 0.406. The maximum atomic E-state index is 11.2. The second kappa shape index (κ2) is 4.89. The van der Waals surface area contributed by atoms with E-state index in [2.05, 4.69) is 6.92 Å². The summed E-state index contributed by atoms with van der Waals surface area (Å²) in [4.78, 5) is 10.9. The van der Waals surface area contributed by atoms with Crippen molar-refractivity contribution in [2.45, 2.75) is 19.3 Å². The van der Waals surface area contributed by atoms with Crippen LogP contribution >= 0.6 is 11.3 Å². The molecule has 1 unspecified atom stereocenters. The van der Waals surface area contributed by atoms with Crippen LogP contribution in [0.4, 0.5) is 0 Å². The lowest BCUT2D eigenvalue weighted by atomic mass is 9.97. The van der Waals surface area contributed by atoms with Crippen molar-refractivity contribution >= 4 is 21.6 Å². The molecule has 0 amide bonds. The van der Waals surface area contributed by atoms with Crippen LogP contribution in [-0.4, -0.2) is 13.7 Å². The van der Waals surface area contributed by atoms with Gasteiger partial charge in [0.05, 0.1) is 11.8 Å². The van der Waals surface area contributed by atoms with E-state index in [1.54, 1.807) is 7.11 Å². The number of hydrogen-bond donors (Lipinski definition) is 1. The van der Waals surface area contributed by atoms with Crippen LogP contribution in [0.25, 0.3) is 10.3 Å². The highest BCUT2D eigenvalue weighted by Crippen LogP contribution is 2.33. The molecule has 0 radical (unpaired) electrons. The first-order chi connectivity index (χ1) is 8.15. The van der Waals surface area contributed by atoms with Crippen LogP contribution in [0.1, 0.15) is 24.8 Å². The van der Waals surface area contributed by atoms with Gasteiger partial charge in [-0.2, -0.15) is 0 Å². The molecule has 92 valence electrons. The monoisotopic (exact) mass is 253 g/mol. The molecule has 1 aromatic heterocycles. The van der Waals surface area contributed by atoms with Gasteiger partial charge in [-0.1, -0.05) is 18.3 Å². The molecule has 1 aromatic carbocycles. The maximum Gasteiger partial charge on any atom is 0.396 e. The fourth-order valence-electron chi connectivity index (χ4n) is 1.88. The minimum atomic E-state index is -0.286. The van der Waals surface area contributed by atoms with Crippen LogP contribution in [0.15, 0.2) is 21.3 Å². The molecule has 4 nitrogen and oxygen atoms in total. The highest BCUT2D eigenvalue weighted by atomic mass is 32.1. The first kappa shape index (κ1) is 12.1. The summed E-state index contributed by atoms with van der Waals surface area (Å²) in [6.07, 6.45) is 0.871.